The van der Waals surface area contributed by atoms with E-state index in [1.165, 1.54) is 6.42 Å². The van der Waals surface area contributed by atoms with E-state index < -0.39 is 0 Å². The van der Waals surface area contributed by atoms with E-state index >= 15 is 0 Å². The zero-order valence-corrected chi connectivity index (χ0v) is 15.1. The van der Waals surface area contributed by atoms with Crippen LogP contribution in [0.1, 0.15) is 14.3 Å². The second-order valence-corrected chi connectivity index (χ2v) is 6.45. The number of aromatic nitrogens is 4. The number of nitrogens with two attached hydrogens (primary N) is 1. The minimum atomic E-state index is 0. The van der Waals surface area contributed by atoms with E-state index in [2.05, 4.69) is 31.0 Å². The molecule has 4 rings (SSSR count). The van der Waals surface area contributed by atoms with Gasteiger partial charge in [0.15, 0.2) is 5.65 Å². The molecule has 9 heteroatoms. The molecule has 0 saturated carbocycles. The van der Waals surface area contributed by atoms with Gasteiger partial charge in [-0.1, -0.05) is 6.07 Å². The van der Waals surface area contributed by atoms with Crippen molar-refractivity contribution >= 4 is 23.1 Å². The highest BCUT2D eigenvalue weighted by Crippen LogP contribution is 2.20. The van der Waals surface area contributed by atoms with E-state index in [4.69, 9.17) is 10.5 Å². The molecule has 0 spiro atoms. The molecule has 1 aliphatic rings. The van der Waals surface area contributed by atoms with Gasteiger partial charge in [-0.05, 0) is 37.6 Å². The van der Waals surface area contributed by atoms with Gasteiger partial charge in [-0.3, -0.25) is 0 Å². The summed E-state index contributed by atoms with van der Waals surface area (Å²) in [7, 11) is 0. The van der Waals surface area contributed by atoms with E-state index in [1.54, 1.807) is 12.3 Å². The van der Waals surface area contributed by atoms with Gasteiger partial charge in [0.1, 0.15) is 12.4 Å². The number of piperidine rings is 1. The normalized spacial score (nSPS) is 17.0. The lowest BCUT2D eigenvalue weighted by Crippen LogP contribution is -2.38. The summed E-state index contributed by atoms with van der Waals surface area (Å²) >= 11 is 0. The fraction of sp³-hybridized carbons (Fsp3) is 0.389. The predicted octanol–water partition coefficient (Wildman–Crippen LogP) is 1.62. The van der Waals surface area contributed by atoms with Crippen molar-refractivity contribution in [3.63, 3.8) is 0 Å². The number of nitrogens with one attached hydrogen (secondary N) is 3. The van der Waals surface area contributed by atoms with Crippen molar-refractivity contribution in [3.8, 4) is 5.88 Å². The first-order chi connectivity index (χ1) is 13.3. The topological polar surface area (TPSA) is 114 Å². The number of anilines is 3. The molecular formula is C18H26N8O. The largest absolute Gasteiger partial charge is 0.476 e. The van der Waals surface area contributed by atoms with Gasteiger partial charge in [0.05, 0.1) is 0 Å². The maximum Gasteiger partial charge on any atom is 0.247 e. The molecule has 0 aliphatic carbocycles. The van der Waals surface area contributed by atoms with Crippen molar-refractivity contribution in [1.29, 1.82) is 0 Å². The Bertz CT molecular complexity index is 896. The van der Waals surface area contributed by atoms with Crippen LogP contribution in [-0.4, -0.2) is 51.9 Å². The van der Waals surface area contributed by atoms with Gasteiger partial charge in [-0.2, -0.15) is 9.50 Å². The zero-order chi connectivity index (χ0) is 18.5. The fourth-order valence-electron chi connectivity index (χ4n) is 3.11. The SMILES string of the molecule is NCCOc1cc(Nc2nc3cccc(N[C@@H]4CCCNC4)n3n2)ccn1.[HH]. The van der Waals surface area contributed by atoms with E-state index in [1.807, 2.05) is 28.8 Å². The first-order valence-corrected chi connectivity index (χ1v) is 9.21. The lowest BCUT2D eigenvalue weighted by Gasteiger charge is -2.24. The van der Waals surface area contributed by atoms with Crippen LogP contribution < -0.4 is 26.4 Å². The first-order valence-electron chi connectivity index (χ1n) is 9.21. The van der Waals surface area contributed by atoms with Crippen LogP contribution in [-0.2, 0) is 0 Å². The molecule has 0 aromatic carbocycles. The Balaban J connectivity index is 0.00000225. The lowest BCUT2D eigenvalue weighted by atomic mass is 10.1. The Labute approximate surface area is 158 Å². The van der Waals surface area contributed by atoms with Gasteiger partial charge in [0, 0.05) is 38.5 Å². The van der Waals surface area contributed by atoms with E-state index in [-0.39, 0.29) is 1.43 Å². The molecule has 3 aromatic heterocycles. The molecule has 0 bridgehead atoms. The highest BCUT2D eigenvalue weighted by molar-refractivity contribution is 5.58. The molecule has 0 radical (unpaired) electrons. The molecule has 144 valence electrons. The van der Waals surface area contributed by atoms with Crippen LogP contribution in [0.15, 0.2) is 36.5 Å². The Hall–Kier alpha value is -2.91. The summed E-state index contributed by atoms with van der Waals surface area (Å²) in [5.74, 6) is 1.96. The van der Waals surface area contributed by atoms with Gasteiger partial charge >= 0.3 is 0 Å². The number of rotatable bonds is 7. The molecule has 9 nitrogen and oxygen atoms in total. The number of fused-ring (bicyclic) bond motifs is 1. The number of nitrogens with zero attached hydrogens (tertiary/aromatic N) is 4. The molecular weight excluding hydrogens is 344 g/mol. The highest BCUT2D eigenvalue weighted by atomic mass is 16.5. The standard InChI is InChI=1S/C18H24N8O.H2/c19-7-10-27-17-11-13(6-9-21-17)23-18-24-16-5-1-4-15(26(16)25-18)22-14-3-2-8-20-12-14;/h1,4-6,9,11,14,20,22H,2-3,7-8,10,12,19H2,(H,21,23,25);1H/t14-;/m1./s1. The van der Waals surface area contributed by atoms with Crippen molar-refractivity contribution in [2.45, 2.75) is 18.9 Å². The number of hydrogen-bond donors (Lipinski definition) is 4. The number of ether oxygens (including phenoxy) is 1. The lowest BCUT2D eigenvalue weighted by molar-refractivity contribution is 0.316. The Morgan fingerprint density at radius 3 is 3.19 bits per heavy atom. The van der Waals surface area contributed by atoms with Crippen molar-refractivity contribution in [2.24, 2.45) is 5.73 Å². The summed E-state index contributed by atoms with van der Waals surface area (Å²) in [4.78, 5) is 8.72. The monoisotopic (exact) mass is 370 g/mol. The number of hydrogen-bond acceptors (Lipinski definition) is 8. The third kappa shape index (κ3) is 4.26. The second-order valence-electron chi connectivity index (χ2n) is 6.45. The minimum Gasteiger partial charge on any atom is -0.476 e. The van der Waals surface area contributed by atoms with Crippen LogP contribution >= 0.6 is 0 Å². The van der Waals surface area contributed by atoms with Gasteiger partial charge in [-0.15, -0.1) is 5.10 Å². The molecule has 0 unspecified atom stereocenters. The maximum atomic E-state index is 5.46. The van der Waals surface area contributed by atoms with Crippen molar-refractivity contribution in [3.05, 3.63) is 36.5 Å². The molecule has 1 fully saturated rings. The third-order valence-corrected chi connectivity index (χ3v) is 4.37. The van der Waals surface area contributed by atoms with Gasteiger partial charge in [0.2, 0.25) is 11.8 Å². The summed E-state index contributed by atoms with van der Waals surface area (Å²) in [6.07, 6.45) is 3.99. The average Bonchev–Trinajstić information content (AvgIpc) is 3.11. The molecule has 27 heavy (non-hydrogen) atoms. The fourth-order valence-corrected chi connectivity index (χ4v) is 3.11. The Morgan fingerprint density at radius 2 is 2.33 bits per heavy atom. The zero-order valence-electron chi connectivity index (χ0n) is 15.1. The second kappa shape index (κ2) is 8.19. The average molecular weight is 370 g/mol. The Kier molecular flexibility index (Phi) is 5.31. The van der Waals surface area contributed by atoms with Crippen LogP contribution in [0.5, 0.6) is 5.88 Å². The third-order valence-electron chi connectivity index (χ3n) is 4.37. The molecule has 4 heterocycles. The van der Waals surface area contributed by atoms with Crippen LogP contribution in [0.2, 0.25) is 0 Å². The van der Waals surface area contributed by atoms with E-state index in [0.29, 0.717) is 31.0 Å². The smallest absolute Gasteiger partial charge is 0.247 e. The summed E-state index contributed by atoms with van der Waals surface area (Å²) in [6, 6.07) is 9.97. The summed E-state index contributed by atoms with van der Waals surface area (Å²) in [5, 5.41) is 14.8. The van der Waals surface area contributed by atoms with Gasteiger partial charge in [-0.25, -0.2) is 4.98 Å². The van der Waals surface area contributed by atoms with Gasteiger partial charge < -0.3 is 26.4 Å². The first kappa shape index (κ1) is 17.5. The number of pyridine rings is 2. The van der Waals surface area contributed by atoms with Crippen LogP contribution in [0, 0.1) is 0 Å². The van der Waals surface area contributed by atoms with Crippen LogP contribution in [0.25, 0.3) is 5.65 Å². The molecule has 3 aromatic rings. The van der Waals surface area contributed by atoms with Crippen LogP contribution in [0.4, 0.5) is 17.5 Å². The summed E-state index contributed by atoms with van der Waals surface area (Å²) in [6.45, 7) is 2.91. The highest BCUT2D eigenvalue weighted by Gasteiger charge is 2.15. The molecule has 5 N–H and O–H groups in total. The maximum absolute atomic E-state index is 5.46. The molecule has 0 amide bonds. The van der Waals surface area contributed by atoms with Crippen molar-refractivity contribution in [1.82, 2.24) is 24.9 Å². The van der Waals surface area contributed by atoms with E-state index in [9.17, 15) is 0 Å². The van der Waals surface area contributed by atoms with Crippen molar-refractivity contribution in [2.75, 3.05) is 36.9 Å². The summed E-state index contributed by atoms with van der Waals surface area (Å²) < 4.78 is 7.28. The van der Waals surface area contributed by atoms with Gasteiger partial charge in [0.25, 0.3) is 0 Å². The molecule has 1 atom stereocenters. The molecule has 1 saturated heterocycles. The van der Waals surface area contributed by atoms with E-state index in [0.717, 1.165) is 36.7 Å². The predicted molar refractivity (Wildman–Crippen MR) is 107 cm³/mol. The van der Waals surface area contributed by atoms with Crippen LogP contribution in [0.3, 0.4) is 0 Å². The Morgan fingerprint density at radius 1 is 1.37 bits per heavy atom. The van der Waals surface area contributed by atoms with Crippen molar-refractivity contribution < 1.29 is 6.16 Å². The molecule has 1 aliphatic heterocycles. The minimum absolute atomic E-state index is 0. The quantitative estimate of drug-likeness (QED) is 0.496. The summed E-state index contributed by atoms with van der Waals surface area (Å²) in [5.41, 5.74) is 7.04.